The molecule has 0 spiro atoms. The van der Waals surface area contributed by atoms with Crippen LogP contribution in [0.15, 0.2) is 11.2 Å². The Hall–Kier alpha value is -1.05. The second-order valence-electron chi connectivity index (χ2n) is 3.74. The first-order valence-corrected chi connectivity index (χ1v) is 6.61. The van der Waals surface area contributed by atoms with Gasteiger partial charge in [0.25, 0.3) is 0 Å². The lowest BCUT2D eigenvalue weighted by atomic mass is 10.2. The fraction of sp³-hybridized carbons (Fsp3) is 0.600. The van der Waals surface area contributed by atoms with Gasteiger partial charge in [-0.1, -0.05) is 11.8 Å². The van der Waals surface area contributed by atoms with E-state index in [4.69, 9.17) is 10.5 Å². The highest BCUT2D eigenvalue weighted by Crippen LogP contribution is 2.22. The molecule has 1 aliphatic heterocycles. The smallest absolute Gasteiger partial charge is 0.191 e. The van der Waals surface area contributed by atoms with Gasteiger partial charge < -0.3 is 20.5 Å². The van der Waals surface area contributed by atoms with Crippen LogP contribution in [0.3, 0.4) is 0 Å². The third-order valence-electron chi connectivity index (χ3n) is 2.63. The van der Waals surface area contributed by atoms with Crippen molar-refractivity contribution in [1.82, 2.24) is 9.97 Å². The van der Waals surface area contributed by atoms with E-state index in [0.717, 1.165) is 5.82 Å². The summed E-state index contributed by atoms with van der Waals surface area (Å²) in [5.74, 6) is 1.20. The molecule has 1 atom stereocenters. The topological polar surface area (TPSA) is 84.5 Å². The zero-order valence-corrected chi connectivity index (χ0v) is 10.5. The first kappa shape index (κ1) is 12.4. The van der Waals surface area contributed by atoms with Gasteiger partial charge in [0.05, 0.1) is 25.9 Å². The van der Waals surface area contributed by atoms with E-state index in [1.54, 1.807) is 6.07 Å². The van der Waals surface area contributed by atoms with Crippen LogP contribution in [0.25, 0.3) is 0 Å². The van der Waals surface area contributed by atoms with Crippen molar-refractivity contribution in [2.24, 2.45) is 0 Å². The maximum absolute atomic E-state index is 9.32. The predicted octanol–water partition coefficient (Wildman–Crippen LogP) is -0.0218. The van der Waals surface area contributed by atoms with Gasteiger partial charge in [-0.05, 0) is 6.26 Å². The highest BCUT2D eigenvalue weighted by Gasteiger charge is 2.24. The number of aliphatic hydroxyl groups is 1. The Morgan fingerprint density at radius 1 is 1.65 bits per heavy atom. The van der Waals surface area contributed by atoms with Crippen LogP contribution in [0.2, 0.25) is 0 Å². The number of hydrogen-bond acceptors (Lipinski definition) is 7. The standard InChI is InChI=1S/C10H16N4O2S/c1-17-10-12-8(11)4-9(13-10)14-2-3-16-6-7(14)5-15/h4,7,15H,2-3,5-6H2,1H3,(H2,11,12,13). The van der Waals surface area contributed by atoms with Gasteiger partial charge in [-0.3, -0.25) is 0 Å². The number of aliphatic hydroxyl groups excluding tert-OH is 1. The van der Waals surface area contributed by atoms with Crippen molar-refractivity contribution in [1.29, 1.82) is 0 Å². The number of nitrogens with two attached hydrogens (primary N) is 1. The Morgan fingerprint density at radius 2 is 2.47 bits per heavy atom. The summed E-state index contributed by atoms with van der Waals surface area (Å²) in [4.78, 5) is 10.5. The number of aromatic nitrogens is 2. The van der Waals surface area contributed by atoms with Crippen molar-refractivity contribution < 1.29 is 9.84 Å². The molecule has 0 radical (unpaired) electrons. The molecular weight excluding hydrogens is 240 g/mol. The van der Waals surface area contributed by atoms with Crippen molar-refractivity contribution in [2.75, 3.05) is 43.3 Å². The predicted molar refractivity (Wildman–Crippen MR) is 67.3 cm³/mol. The number of rotatable bonds is 3. The molecule has 1 fully saturated rings. The lowest BCUT2D eigenvalue weighted by Crippen LogP contribution is -2.48. The molecule has 0 saturated carbocycles. The van der Waals surface area contributed by atoms with Gasteiger partial charge in [-0.2, -0.15) is 0 Å². The molecule has 0 amide bonds. The summed E-state index contributed by atoms with van der Waals surface area (Å²) < 4.78 is 5.33. The molecule has 2 heterocycles. The molecule has 1 aromatic rings. The van der Waals surface area contributed by atoms with E-state index in [1.807, 2.05) is 11.2 Å². The molecule has 94 valence electrons. The summed E-state index contributed by atoms with van der Waals surface area (Å²) in [6.07, 6.45) is 1.90. The molecule has 17 heavy (non-hydrogen) atoms. The average Bonchev–Trinajstić information content (AvgIpc) is 2.37. The maximum Gasteiger partial charge on any atom is 0.191 e. The lowest BCUT2D eigenvalue weighted by Gasteiger charge is -2.35. The summed E-state index contributed by atoms with van der Waals surface area (Å²) in [7, 11) is 0. The van der Waals surface area contributed by atoms with Crippen LogP contribution in [0.4, 0.5) is 11.6 Å². The second-order valence-corrected chi connectivity index (χ2v) is 4.52. The molecule has 0 bridgehead atoms. The number of thioether (sulfide) groups is 1. The Morgan fingerprint density at radius 3 is 3.18 bits per heavy atom. The first-order valence-electron chi connectivity index (χ1n) is 5.38. The summed E-state index contributed by atoms with van der Waals surface area (Å²) in [5.41, 5.74) is 5.74. The Bertz CT molecular complexity index is 391. The van der Waals surface area contributed by atoms with Crippen molar-refractivity contribution >= 4 is 23.4 Å². The molecule has 0 aliphatic carbocycles. The Kier molecular flexibility index (Phi) is 4.03. The molecule has 1 saturated heterocycles. The van der Waals surface area contributed by atoms with Crippen LogP contribution < -0.4 is 10.6 Å². The molecular formula is C10H16N4O2S. The number of nitrogens with zero attached hydrogens (tertiary/aromatic N) is 3. The maximum atomic E-state index is 9.32. The highest BCUT2D eigenvalue weighted by atomic mass is 32.2. The van der Waals surface area contributed by atoms with Crippen molar-refractivity contribution in [3.63, 3.8) is 0 Å². The fourth-order valence-corrected chi connectivity index (χ4v) is 2.16. The van der Waals surface area contributed by atoms with Crippen LogP contribution in [0, 0.1) is 0 Å². The van der Waals surface area contributed by atoms with E-state index in [-0.39, 0.29) is 12.6 Å². The molecule has 7 heteroatoms. The fourth-order valence-electron chi connectivity index (χ4n) is 1.78. The minimum absolute atomic E-state index is 0.0402. The van der Waals surface area contributed by atoms with Crippen LogP contribution in [-0.4, -0.2) is 53.7 Å². The summed E-state index contributed by atoms with van der Waals surface area (Å²) in [6, 6.07) is 1.67. The van der Waals surface area contributed by atoms with Gasteiger partial charge in [-0.15, -0.1) is 0 Å². The number of ether oxygens (including phenoxy) is 1. The minimum Gasteiger partial charge on any atom is -0.394 e. The Labute approximate surface area is 104 Å². The number of morpholine rings is 1. The molecule has 0 aromatic carbocycles. The first-order chi connectivity index (χ1) is 8.24. The quantitative estimate of drug-likeness (QED) is 0.580. The molecule has 2 rings (SSSR count). The second kappa shape index (κ2) is 5.52. The largest absolute Gasteiger partial charge is 0.394 e. The molecule has 1 aliphatic rings. The van der Waals surface area contributed by atoms with Crippen LogP contribution in [0.1, 0.15) is 0 Å². The normalized spacial score (nSPS) is 20.6. The summed E-state index contributed by atoms with van der Waals surface area (Å²) >= 11 is 1.45. The van der Waals surface area contributed by atoms with Crippen molar-refractivity contribution in [3.8, 4) is 0 Å². The summed E-state index contributed by atoms with van der Waals surface area (Å²) in [6.45, 7) is 1.89. The monoisotopic (exact) mass is 256 g/mol. The van der Waals surface area contributed by atoms with E-state index in [0.29, 0.717) is 30.7 Å². The van der Waals surface area contributed by atoms with Gasteiger partial charge in [0.1, 0.15) is 11.6 Å². The van der Waals surface area contributed by atoms with Gasteiger partial charge in [-0.25, -0.2) is 9.97 Å². The van der Waals surface area contributed by atoms with Crippen LogP contribution >= 0.6 is 11.8 Å². The number of hydrogen-bond donors (Lipinski definition) is 2. The number of nitrogen functional groups attached to an aromatic ring is 1. The van der Waals surface area contributed by atoms with E-state index in [9.17, 15) is 5.11 Å². The zero-order chi connectivity index (χ0) is 12.3. The van der Waals surface area contributed by atoms with Crippen LogP contribution in [-0.2, 0) is 4.74 Å². The van der Waals surface area contributed by atoms with E-state index in [1.165, 1.54) is 11.8 Å². The average molecular weight is 256 g/mol. The van der Waals surface area contributed by atoms with Crippen molar-refractivity contribution in [3.05, 3.63) is 6.07 Å². The third-order valence-corrected chi connectivity index (χ3v) is 3.17. The van der Waals surface area contributed by atoms with Gasteiger partial charge in [0, 0.05) is 12.6 Å². The number of anilines is 2. The minimum atomic E-state index is -0.0623. The SMILES string of the molecule is CSc1nc(N)cc(N2CCOCC2CO)n1. The summed E-state index contributed by atoms with van der Waals surface area (Å²) in [5, 5.41) is 9.96. The van der Waals surface area contributed by atoms with E-state index < -0.39 is 0 Å². The van der Waals surface area contributed by atoms with Crippen LogP contribution in [0.5, 0.6) is 0 Å². The Balaban J connectivity index is 2.27. The lowest BCUT2D eigenvalue weighted by molar-refractivity contribution is 0.0722. The van der Waals surface area contributed by atoms with Crippen molar-refractivity contribution in [2.45, 2.75) is 11.2 Å². The molecule has 1 aromatic heterocycles. The molecule has 1 unspecified atom stereocenters. The van der Waals surface area contributed by atoms with Gasteiger partial charge in [0.2, 0.25) is 0 Å². The third kappa shape index (κ3) is 2.80. The van der Waals surface area contributed by atoms with Gasteiger partial charge >= 0.3 is 0 Å². The van der Waals surface area contributed by atoms with Gasteiger partial charge in [0.15, 0.2) is 5.16 Å². The highest BCUT2D eigenvalue weighted by molar-refractivity contribution is 7.98. The molecule has 3 N–H and O–H groups in total. The van der Waals surface area contributed by atoms with E-state index >= 15 is 0 Å². The molecule has 6 nitrogen and oxygen atoms in total. The van der Waals surface area contributed by atoms with E-state index in [2.05, 4.69) is 9.97 Å². The zero-order valence-electron chi connectivity index (χ0n) is 9.67.